The fraction of sp³-hybridized carbons (Fsp3) is 0.676. The van der Waals surface area contributed by atoms with Gasteiger partial charge in [0.25, 0.3) is 7.82 Å². The fourth-order valence-electron chi connectivity index (χ4n) is 8.83. The predicted molar refractivity (Wildman–Crippen MR) is 348 cm³/mol. The minimum absolute atomic E-state index is 0.00718. The number of phosphoric acid groups is 1. The number of aliphatic hydroxyl groups excluding tert-OH is 1. The molecule has 0 aromatic carbocycles. The normalized spacial score (nSPS) is 14.6. The van der Waals surface area contributed by atoms with Crippen molar-refractivity contribution in [1.29, 1.82) is 0 Å². The van der Waals surface area contributed by atoms with E-state index in [1.807, 2.05) is 27.2 Å². The van der Waals surface area contributed by atoms with Crippen LogP contribution in [0, 0.1) is 0 Å². The zero-order valence-corrected chi connectivity index (χ0v) is 53.1. The second-order valence-corrected chi connectivity index (χ2v) is 24.1. The van der Waals surface area contributed by atoms with Gasteiger partial charge in [0.05, 0.1) is 39.9 Å². The maximum absolute atomic E-state index is 13.0. The van der Waals surface area contributed by atoms with Crippen LogP contribution in [-0.4, -0.2) is 68.5 Å². The van der Waals surface area contributed by atoms with Gasteiger partial charge in [0.15, 0.2) is 0 Å². The molecular formula is C71H123N2O6P. The molecule has 0 aliphatic heterocycles. The van der Waals surface area contributed by atoms with Gasteiger partial charge in [0.2, 0.25) is 5.91 Å². The third-order valence-electron chi connectivity index (χ3n) is 13.9. The highest BCUT2D eigenvalue weighted by Crippen LogP contribution is 2.38. The highest BCUT2D eigenvalue weighted by Gasteiger charge is 2.23. The van der Waals surface area contributed by atoms with Crippen molar-refractivity contribution in [1.82, 2.24) is 5.32 Å². The van der Waals surface area contributed by atoms with Gasteiger partial charge in [-0.1, -0.05) is 289 Å². The summed E-state index contributed by atoms with van der Waals surface area (Å²) in [7, 11) is 1.25. The average molecular weight is 1130 g/mol. The highest BCUT2D eigenvalue weighted by atomic mass is 31.2. The van der Waals surface area contributed by atoms with E-state index in [1.165, 1.54) is 128 Å². The molecule has 0 bridgehead atoms. The summed E-state index contributed by atoms with van der Waals surface area (Å²) >= 11 is 0. The Bertz CT molecular complexity index is 1760. The van der Waals surface area contributed by atoms with Crippen molar-refractivity contribution in [2.45, 2.75) is 270 Å². The van der Waals surface area contributed by atoms with Crippen molar-refractivity contribution in [2.24, 2.45) is 0 Å². The predicted octanol–water partition coefficient (Wildman–Crippen LogP) is 20.0. The van der Waals surface area contributed by atoms with Crippen molar-refractivity contribution < 1.29 is 32.9 Å². The molecule has 0 radical (unpaired) electrons. The van der Waals surface area contributed by atoms with Crippen LogP contribution in [0.15, 0.2) is 134 Å². The first kappa shape index (κ1) is 76.6. The zero-order valence-electron chi connectivity index (χ0n) is 52.2. The number of quaternary nitrogens is 1. The molecular weight excluding hydrogens is 1010 g/mol. The van der Waals surface area contributed by atoms with Gasteiger partial charge in [-0.3, -0.25) is 9.36 Å². The molecule has 0 aromatic heterocycles. The molecule has 3 unspecified atom stereocenters. The summed E-state index contributed by atoms with van der Waals surface area (Å²) < 4.78 is 23.4. The van der Waals surface area contributed by atoms with E-state index in [1.54, 1.807) is 6.08 Å². The Morgan fingerprint density at radius 1 is 0.450 bits per heavy atom. The summed E-state index contributed by atoms with van der Waals surface area (Å²) in [4.78, 5) is 25.5. The van der Waals surface area contributed by atoms with Crippen LogP contribution in [0.1, 0.15) is 258 Å². The van der Waals surface area contributed by atoms with Gasteiger partial charge in [0, 0.05) is 6.42 Å². The number of amides is 1. The van der Waals surface area contributed by atoms with Crippen LogP contribution in [0.5, 0.6) is 0 Å². The van der Waals surface area contributed by atoms with E-state index in [-0.39, 0.29) is 19.1 Å². The topological polar surface area (TPSA) is 108 Å². The number of aliphatic hydroxyl groups is 1. The molecule has 8 nitrogen and oxygen atoms in total. The fourth-order valence-corrected chi connectivity index (χ4v) is 9.55. The Morgan fingerprint density at radius 2 is 0.762 bits per heavy atom. The first-order chi connectivity index (χ1) is 39.0. The van der Waals surface area contributed by atoms with E-state index < -0.39 is 20.0 Å². The molecule has 1 amide bonds. The van der Waals surface area contributed by atoms with Crippen LogP contribution in [-0.2, 0) is 18.4 Å². The van der Waals surface area contributed by atoms with Crippen molar-refractivity contribution in [3.8, 4) is 0 Å². The molecule has 0 rings (SSSR count). The van der Waals surface area contributed by atoms with Crippen molar-refractivity contribution in [3.05, 3.63) is 134 Å². The van der Waals surface area contributed by atoms with E-state index in [4.69, 9.17) is 9.05 Å². The van der Waals surface area contributed by atoms with E-state index in [2.05, 4.69) is 141 Å². The van der Waals surface area contributed by atoms with Crippen LogP contribution in [0.25, 0.3) is 0 Å². The quantitative estimate of drug-likeness (QED) is 0.0272. The second kappa shape index (κ2) is 60.2. The van der Waals surface area contributed by atoms with Gasteiger partial charge >= 0.3 is 0 Å². The van der Waals surface area contributed by atoms with Crippen LogP contribution >= 0.6 is 7.82 Å². The standard InChI is InChI=1S/C71H123N2O6P/c1-6-8-10-12-14-16-18-20-22-24-25-26-27-28-29-30-31-32-33-34-35-36-37-38-39-40-41-42-43-44-45-46-47-49-51-53-55-57-59-61-63-65-71(75)72-69(68-79-80(76,77)78-67-66-73(3,4)5)70(74)64-62-60-58-56-54-52-50-48-23-21-19-17-15-13-11-9-7-2/h8,10,14,16,20,22,25-26,28-29,31-32,34-35,37-38,40-41,43-44,62,64,69-70,74H,6-7,9,11-13,15,17-19,21,23-24,27,30,33,36,39,42,45-61,63,65-68H2,1-5H3,(H-,72,75,76,77)/b10-8-,16-14-,22-20-,26-25-,29-28-,32-31-,35-34-,38-37-,41-40-,44-43-,64-62+. The maximum Gasteiger partial charge on any atom is 0.268 e. The largest absolute Gasteiger partial charge is 0.756 e. The first-order valence-corrected chi connectivity index (χ1v) is 34.0. The number of hydrogen-bond donors (Lipinski definition) is 2. The Hall–Kier alpha value is -3.36. The SMILES string of the molecule is CC/C=C\C/C=C\C/C=C\C/C=C\C/C=C\C/C=C\C/C=C\C/C=C\C/C=C\C/C=C\CCCCCCCCCCCCC(=O)NC(COP(=O)([O-])OCC[N+](C)(C)C)C(O)/C=C/CCCCCCCCCCCCCCCCC. The molecule has 0 saturated heterocycles. The minimum Gasteiger partial charge on any atom is -0.756 e. The molecule has 0 spiro atoms. The van der Waals surface area contributed by atoms with E-state index in [0.29, 0.717) is 17.4 Å². The lowest BCUT2D eigenvalue weighted by Crippen LogP contribution is -2.45. The number of carbonyl (C=O) groups is 1. The number of likely N-dealkylation sites (N-methyl/N-ethyl adjacent to an activating group) is 1. The molecule has 0 saturated carbocycles. The van der Waals surface area contributed by atoms with Crippen molar-refractivity contribution in [3.63, 3.8) is 0 Å². The zero-order chi connectivity index (χ0) is 58.4. The average Bonchev–Trinajstić information content (AvgIpc) is 3.42. The molecule has 2 N–H and O–H groups in total. The van der Waals surface area contributed by atoms with Crippen molar-refractivity contribution in [2.75, 3.05) is 40.9 Å². The third kappa shape index (κ3) is 62.2. The summed E-state index contributed by atoms with van der Waals surface area (Å²) in [6, 6.07) is -0.898. The lowest BCUT2D eigenvalue weighted by atomic mass is 10.0. The van der Waals surface area contributed by atoms with Gasteiger partial charge in [-0.2, -0.15) is 0 Å². The molecule has 0 heterocycles. The molecule has 3 atom stereocenters. The summed E-state index contributed by atoms with van der Waals surface area (Å²) in [5.74, 6) is -0.206. The summed E-state index contributed by atoms with van der Waals surface area (Å²) in [6.07, 6.45) is 91.1. The van der Waals surface area contributed by atoms with E-state index in [9.17, 15) is 19.4 Å². The lowest BCUT2D eigenvalue weighted by molar-refractivity contribution is -0.870. The number of hydrogen-bond acceptors (Lipinski definition) is 6. The van der Waals surface area contributed by atoms with Crippen LogP contribution in [0.2, 0.25) is 0 Å². The number of allylic oxidation sites excluding steroid dienone is 21. The Labute approximate surface area is 494 Å². The summed E-state index contributed by atoms with van der Waals surface area (Å²) in [5, 5.41) is 13.9. The Kier molecular flexibility index (Phi) is 57.7. The third-order valence-corrected chi connectivity index (χ3v) is 14.8. The summed E-state index contributed by atoms with van der Waals surface area (Å²) in [6.45, 7) is 4.53. The van der Waals surface area contributed by atoms with Gasteiger partial charge < -0.3 is 28.8 Å². The lowest BCUT2D eigenvalue weighted by Gasteiger charge is -2.29. The van der Waals surface area contributed by atoms with Crippen molar-refractivity contribution >= 4 is 13.7 Å². The van der Waals surface area contributed by atoms with Crippen LogP contribution in [0.3, 0.4) is 0 Å². The summed E-state index contributed by atoms with van der Waals surface area (Å²) in [5.41, 5.74) is 0. The Balaban J connectivity index is 4.11. The van der Waals surface area contributed by atoms with E-state index >= 15 is 0 Å². The number of carbonyl (C=O) groups excluding carboxylic acids is 1. The number of nitrogens with one attached hydrogen (secondary N) is 1. The number of phosphoric ester groups is 1. The van der Waals surface area contributed by atoms with Crippen LogP contribution < -0.4 is 10.2 Å². The second-order valence-electron chi connectivity index (χ2n) is 22.7. The molecule has 0 aromatic rings. The molecule has 458 valence electrons. The molecule has 0 aliphatic carbocycles. The highest BCUT2D eigenvalue weighted by molar-refractivity contribution is 7.45. The number of nitrogens with zero attached hydrogens (tertiary/aromatic N) is 1. The molecule has 80 heavy (non-hydrogen) atoms. The van der Waals surface area contributed by atoms with Gasteiger partial charge in [-0.05, 0) is 96.3 Å². The maximum atomic E-state index is 13.0. The number of unbranched alkanes of at least 4 members (excludes halogenated alkanes) is 25. The van der Waals surface area contributed by atoms with E-state index in [0.717, 1.165) is 109 Å². The number of rotatable bonds is 58. The molecule has 0 aliphatic rings. The first-order valence-electron chi connectivity index (χ1n) is 32.5. The Morgan fingerprint density at radius 3 is 1.11 bits per heavy atom. The van der Waals surface area contributed by atoms with Gasteiger partial charge in [0.1, 0.15) is 13.2 Å². The minimum atomic E-state index is -4.61. The monoisotopic (exact) mass is 1130 g/mol. The molecule has 9 heteroatoms. The van der Waals surface area contributed by atoms with Gasteiger partial charge in [-0.25, -0.2) is 0 Å². The smallest absolute Gasteiger partial charge is 0.268 e. The van der Waals surface area contributed by atoms with Crippen LogP contribution in [0.4, 0.5) is 0 Å². The molecule has 0 fully saturated rings. The van der Waals surface area contributed by atoms with Gasteiger partial charge in [-0.15, -0.1) is 0 Å².